The lowest BCUT2D eigenvalue weighted by molar-refractivity contribution is -0.0469. The van der Waals surface area contributed by atoms with Crippen LogP contribution in [0.2, 0.25) is 0 Å². The molecule has 1 aromatic heterocycles. The molecule has 0 bridgehead atoms. The molecule has 2 fully saturated rings. The van der Waals surface area contributed by atoms with Gasteiger partial charge in [0.25, 0.3) is 5.56 Å². The Balaban J connectivity index is 1.69. The molecular weight excluding hydrogens is 332 g/mol. The monoisotopic (exact) mass is 357 g/mol. The fourth-order valence-corrected chi connectivity index (χ4v) is 3.80. The second-order valence-corrected chi connectivity index (χ2v) is 7.17. The number of aromatic nitrogens is 2. The van der Waals surface area contributed by atoms with Crippen LogP contribution in [0.4, 0.5) is 14.6 Å². The quantitative estimate of drug-likeness (QED) is 0.868. The van der Waals surface area contributed by atoms with Crippen molar-refractivity contribution in [2.45, 2.75) is 63.5 Å². The van der Waals surface area contributed by atoms with Crippen LogP contribution in [0.5, 0.6) is 0 Å². The summed E-state index contributed by atoms with van der Waals surface area (Å²) in [6.07, 6.45) is 1.94. The summed E-state index contributed by atoms with van der Waals surface area (Å²) in [5, 5.41) is 3.11. The molecule has 1 aliphatic carbocycles. The highest BCUT2D eigenvalue weighted by atomic mass is 19.3. The van der Waals surface area contributed by atoms with Gasteiger partial charge in [0.05, 0.1) is 0 Å². The Labute approximate surface area is 144 Å². The first kappa shape index (κ1) is 18.1. The van der Waals surface area contributed by atoms with Gasteiger partial charge in [0.1, 0.15) is 5.82 Å². The van der Waals surface area contributed by atoms with E-state index in [0.717, 1.165) is 0 Å². The third-order valence-electron chi connectivity index (χ3n) is 5.37. The molecule has 2 N–H and O–H groups in total. The van der Waals surface area contributed by atoms with Crippen molar-refractivity contribution >= 4 is 5.82 Å². The van der Waals surface area contributed by atoms with Crippen molar-refractivity contribution in [1.29, 1.82) is 0 Å². The second-order valence-electron chi connectivity index (χ2n) is 7.17. The van der Waals surface area contributed by atoms with E-state index in [1.54, 1.807) is 0 Å². The molecule has 3 rings (SSSR count). The Bertz CT molecular complexity index is 669. The largest absolute Gasteiger partial charge is 0.381 e. The zero-order chi connectivity index (χ0) is 18.0. The molecule has 0 amide bonds. The topological polar surface area (TPSA) is 76.1 Å². The van der Waals surface area contributed by atoms with Gasteiger partial charge in [-0.2, -0.15) is 0 Å². The summed E-state index contributed by atoms with van der Waals surface area (Å²) in [5.41, 5.74) is -0.787. The number of alkyl halides is 2. The Morgan fingerprint density at radius 3 is 2.48 bits per heavy atom. The number of anilines is 1. The van der Waals surface area contributed by atoms with Gasteiger partial charge in [-0.05, 0) is 38.5 Å². The molecule has 0 aromatic carbocycles. The molecule has 1 aromatic rings. The predicted molar refractivity (Wildman–Crippen MR) is 90.4 cm³/mol. The average molecular weight is 357 g/mol. The standard InChI is InChI=1S/C17H25F2N3O3/c1-11(12-2-6-17(18,19)7-3-12)20-14-10-15(23)22(16(24)21-14)13-4-8-25-9-5-13/h10-13,20H,2-9H2,1H3,(H,21,24)/t11-/m0/s1. The van der Waals surface area contributed by atoms with E-state index in [2.05, 4.69) is 10.3 Å². The normalized spacial score (nSPS) is 23.3. The lowest BCUT2D eigenvalue weighted by Gasteiger charge is -2.32. The van der Waals surface area contributed by atoms with E-state index in [-0.39, 0.29) is 36.4 Å². The first-order valence-corrected chi connectivity index (χ1v) is 8.94. The van der Waals surface area contributed by atoms with Crippen LogP contribution < -0.4 is 16.6 Å². The molecule has 1 atom stereocenters. The Morgan fingerprint density at radius 1 is 1.24 bits per heavy atom. The van der Waals surface area contributed by atoms with E-state index in [1.807, 2.05) is 6.92 Å². The molecule has 1 saturated heterocycles. The van der Waals surface area contributed by atoms with Gasteiger partial charge in [-0.15, -0.1) is 0 Å². The number of hydrogen-bond acceptors (Lipinski definition) is 4. The highest BCUT2D eigenvalue weighted by Crippen LogP contribution is 2.37. The van der Waals surface area contributed by atoms with Crippen LogP contribution in [0.25, 0.3) is 0 Å². The van der Waals surface area contributed by atoms with Gasteiger partial charge in [0.2, 0.25) is 5.92 Å². The summed E-state index contributed by atoms with van der Waals surface area (Å²) in [7, 11) is 0. The van der Waals surface area contributed by atoms with Crippen LogP contribution in [-0.4, -0.2) is 34.7 Å². The van der Waals surface area contributed by atoms with Crippen molar-refractivity contribution in [3.63, 3.8) is 0 Å². The van der Waals surface area contributed by atoms with Crippen molar-refractivity contribution in [2.75, 3.05) is 18.5 Å². The smallest absolute Gasteiger partial charge is 0.330 e. The van der Waals surface area contributed by atoms with Gasteiger partial charge in [-0.25, -0.2) is 13.6 Å². The summed E-state index contributed by atoms with van der Waals surface area (Å²) in [5.74, 6) is -2.11. The number of H-pyrrole nitrogens is 1. The van der Waals surface area contributed by atoms with Crippen LogP contribution in [-0.2, 0) is 4.74 Å². The van der Waals surface area contributed by atoms with Crippen LogP contribution in [0.15, 0.2) is 15.7 Å². The van der Waals surface area contributed by atoms with Gasteiger partial charge in [0.15, 0.2) is 0 Å². The second kappa shape index (κ2) is 7.27. The lowest BCUT2D eigenvalue weighted by atomic mass is 9.82. The molecule has 0 unspecified atom stereocenters. The third kappa shape index (κ3) is 4.29. The molecule has 1 saturated carbocycles. The summed E-state index contributed by atoms with van der Waals surface area (Å²) in [4.78, 5) is 27.4. The first-order valence-electron chi connectivity index (χ1n) is 8.94. The molecule has 2 heterocycles. The molecule has 140 valence electrons. The number of nitrogens with zero attached hydrogens (tertiary/aromatic N) is 1. The molecule has 1 aliphatic heterocycles. The number of halogens is 2. The first-order chi connectivity index (χ1) is 11.9. The Hall–Kier alpha value is -1.70. The fraction of sp³-hybridized carbons (Fsp3) is 0.765. The molecule has 0 spiro atoms. The maximum absolute atomic E-state index is 13.3. The summed E-state index contributed by atoms with van der Waals surface area (Å²) in [6.45, 7) is 2.98. The van der Waals surface area contributed by atoms with Crippen LogP contribution in [0, 0.1) is 5.92 Å². The zero-order valence-electron chi connectivity index (χ0n) is 14.4. The highest BCUT2D eigenvalue weighted by Gasteiger charge is 2.36. The number of hydrogen-bond donors (Lipinski definition) is 2. The maximum atomic E-state index is 13.3. The SMILES string of the molecule is C[C@H](Nc1cc(=O)n(C2CCOCC2)c(=O)[nH]1)C1CCC(F)(F)CC1. The number of nitrogens with one attached hydrogen (secondary N) is 2. The van der Waals surface area contributed by atoms with Gasteiger partial charge in [-0.1, -0.05) is 0 Å². The molecule has 0 radical (unpaired) electrons. The van der Waals surface area contributed by atoms with Crippen LogP contribution in [0.3, 0.4) is 0 Å². The fourth-order valence-electron chi connectivity index (χ4n) is 3.80. The van der Waals surface area contributed by atoms with E-state index in [1.165, 1.54) is 10.6 Å². The van der Waals surface area contributed by atoms with E-state index in [4.69, 9.17) is 4.74 Å². The van der Waals surface area contributed by atoms with E-state index >= 15 is 0 Å². The van der Waals surface area contributed by atoms with Crippen molar-refractivity contribution < 1.29 is 13.5 Å². The van der Waals surface area contributed by atoms with E-state index < -0.39 is 11.6 Å². The third-order valence-corrected chi connectivity index (χ3v) is 5.37. The number of ether oxygens (including phenoxy) is 1. The summed E-state index contributed by atoms with van der Waals surface area (Å²) in [6, 6.07) is 1.15. The van der Waals surface area contributed by atoms with Gasteiger partial charge < -0.3 is 10.1 Å². The van der Waals surface area contributed by atoms with Gasteiger partial charge in [-0.3, -0.25) is 14.3 Å². The Morgan fingerprint density at radius 2 is 1.88 bits per heavy atom. The Kier molecular flexibility index (Phi) is 5.27. The maximum Gasteiger partial charge on any atom is 0.330 e. The zero-order valence-corrected chi connectivity index (χ0v) is 14.4. The minimum atomic E-state index is -2.56. The van der Waals surface area contributed by atoms with Crippen molar-refractivity contribution in [2.24, 2.45) is 5.92 Å². The van der Waals surface area contributed by atoms with Gasteiger partial charge in [0, 0.05) is 44.2 Å². The lowest BCUT2D eigenvalue weighted by Crippen LogP contribution is -2.41. The molecule has 2 aliphatic rings. The number of rotatable bonds is 4. The molecule has 6 nitrogen and oxygen atoms in total. The van der Waals surface area contributed by atoms with Gasteiger partial charge >= 0.3 is 5.69 Å². The summed E-state index contributed by atoms with van der Waals surface area (Å²) < 4.78 is 33.1. The number of aromatic amines is 1. The minimum absolute atomic E-state index is 0.0925. The minimum Gasteiger partial charge on any atom is -0.381 e. The van der Waals surface area contributed by atoms with Crippen molar-refractivity contribution in [3.8, 4) is 0 Å². The molecular formula is C17H25F2N3O3. The average Bonchev–Trinajstić information content (AvgIpc) is 2.55. The van der Waals surface area contributed by atoms with E-state index in [0.29, 0.717) is 44.7 Å². The highest BCUT2D eigenvalue weighted by molar-refractivity contribution is 5.33. The van der Waals surface area contributed by atoms with E-state index in [9.17, 15) is 18.4 Å². The van der Waals surface area contributed by atoms with Crippen molar-refractivity contribution in [3.05, 3.63) is 26.9 Å². The summed E-state index contributed by atoms with van der Waals surface area (Å²) >= 11 is 0. The molecule has 8 heteroatoms. The molecule has 25 heavy (non-hydrogen) atoms. The van der Waals surface area contributed by atoms with Crippen LogP contribution >= 0.6 is 0 Å². The predicted octanol–water partition coefficient (Wildman–Crippen LogP) is 2.51. The van der Waals surface area contributed by atoms with Crippen molar-refractivity contribution in [1.82, 2.24) is 9.55 Å². The van der Waals surface area contributed by atoms with Crippen LogP contribution in [0.1, 0.15) is 51.5 Å².